The van der Waals surface area contributed by atoms with Gasteiger partial charge < -0.3 is 30.0 Å². The predicted octanol–water partition coefficient (Wildman–Crippen LogP) is 2.22. The summed E-state index contributed by atoms with van der Waals surface area (Å²) in [5.41, 5.74) is 6.00. The number of amides is 2. The maximum absolute atomic E-state index is 12.8. The van der Waals surface area contributed by atoms with Crippen LogP contribution in [0, 0.1) is 6.92 Å². The van der Waals surface area contributed by atoms with E-state index in [1.807, 2.05) is 0 Å². The molecule has 2 aromatic rings. The third kappa shape index (κ3) is 3.86. The van der Waals surface area contributed by atoms with Crippen molar-refractivity contribution in [3.8, 4) is 17.2 Å². The number of hydrogen-bond donors (Lipinski definition) is 2. The first kappa shape index (κ1) is 21.0. The van der Waals surface area contributed by atoms with Crippen molar-refractivity contribution in [3.63, 3.8) is 0 Å². The SMILES string of the molecule is COC(=O)c1sc(NC(=O)c2cc(OC)c(OC)c(OC)c2)c(C(N)=O)c1C. The van der Waals surface area contributed by atoms with Crippen LogP contribution in [0.25, 0.3) is 0 Å². The summed E-state index contributed by atoms with van der Waals surface area (Å²) in [7, 11) is 5.52. The molecule has 1 aromatic carbocycles. The van der Waals surface area contributed by atoms with Gasteiger partial charge in [-0.2, -0.15) is 0 Å². The largest absolute Gasteiger partial charge is 0.493 e. The first-order valence-corrected chi connectivity index (χ1v) is 8.73. The number of esters is 1. The number of rotatable bonds is 7. The van der Waals surface area contributed by atoms with Crippen LogP contribution >= 0.6 is 11.3 Å². The van der Waals surface area contributed by atoms with Crippen molar-refractivity contribution in [1.29, 1.82) is 0 Å². The van der Waals surface area contributed by atoms with Crippen LogP contribution in [-0.2, 0) is 4.74 Å². The predicted molar refractivity (Wildman–Crippen MR) is 103 cm³/mol. The lowest BCUT2D eigenvalue weighted by molar-refractivity contribution is 0.0605. The first-order valence-electron chi connectivity index (χ1n) is 7.91. The van der Waals surface area contributed by atoms with Gasteiger partial charge >= 0.3 is 5.97 Å². The second-order valence-corrected chi connectivity index (χ2v) is 6.50. The van der Waals surface area contributed by atoms with E-state index in [4.69, 9.17) is 24.7 Å². The molecule has 0 aliphatic carbocycles. The highest BCUT2D eigenvalue weighted by molar-refractivity contribution is 7.18. The average molecular weight is 408 g/mol. The monoisotopic (exact) mass is 408 g/mol. The first-order chi connectivity index (χ1) is 13.3. The molecule has 2 rings (SSSR count). The van der Waals surface area contributed by atoms with Gasteiger partial charge in [0.25, 0.3) is 11.8 Å². The summed E-state index contributed by atoms with van der Waals surface area (Å²) in [4.78, 5) is 36.7. The molecule has 0 aliphatic heterocycles. The lowest BCUT2D eigenvalue weighted by atomic mass is 10.1. The van der Waals surface area contributed by atoms with E-state index in [9.17, 15) is 14.4 Å². The molecule has 28 heavy (non-hydrogen) atoms. The Kier molecular flexibility index (Phi) is 6.47. The zero-order valence-electron chi connectivity index (χ0n) is 16.0. The van der Waals surface area contributed by atoms with Gasteiger partial charge in [-0.05, 0) is 24.6 Å². The zero-order chi connectivity index (χ0) is 21.0. The van der Waals surface area contributed by atoms with Crippen LogP contribution in [0.5, 0.6) is 17.2 Å². The highest BCUT2D eigenvalue weighted by Crippen LogP contribution is 2.39. The number of anilines is 1. The quantitative estimate of drug-likeness (QED) is 0.673. The van der Waals surface area contributed by atoms with E-state index < -0.39 is 17.8 Å². The van der Waals surface area contributed by atoms with E-state index in [0.29, 0.717) is 22.8 Å². The molecule has 1 aromatic heterocycles. The Morgan fingerprint density at radius 3 is 2.00 bits per heavy atom. The van der Waals surface area contributed by atoms with E-state index >= 15 is 0 Å². The van der Waals surface area contributed by atoms with Crippen molar-refractivity contribution in [1.82, 2.24) is 0 Å². The summed E-state index contributed by atoms with van der Waals surface area (Å²) in [6, 6.07) is 2.92. The Morgan fingerprint density at radius 2 is 1.57 bits per heavy atom. The van der Waals surface area contributed by atoms with Crippen molar-refractivity contribution in [3.05, 3.63) is 33.7 Å². The lowest BCUT2D eigenvalue weighted by Gasteiger charge is -2.14. The molecule has 0 saturated carbocycles. The molecule has 0 spiro atoms. The van der Waals surface area contributed by atoms with Crippen LogP contribution in [0.2, 0.25) is 0 Å². The molecule has 3 N–H and O–H groups in total. The van der Waals surface area contributed by atoms with Gasteiger partial charge in [-0.1, -0.05) is 0 Å². The molecule has 0 radical (unpaired) electrons. The molecule has 0 saturated heterocycles. The second-order valence-electron chi connectivity index (χ2n) is 5.48. The van der Waals surface area contributed by atoms with E-state index in [2.05, 4.69) is 5.32 Å². The molecule has 0 bridgehead atoms. The van der Waals surface area contributed by atoms with Crippen molar-refractivity contribution >= 4 is 34.1 Å². The zero-order valence-corrected chi connectivity index (χ0v) is 16.8. The minimum absolute atomic E-state index is 0.0474. The summed E-state index contributed by atoms with van der Waals surface area (Å²) in [6.07, 6.45) is 0. The van der Waals surface area contributed by atoms with Gasteiger partial charge in [0.2, 0.25) is 5.75 Å². The van der Waals surface area contributed by atoms with Gasteiger partial charge in [-0.3, -0.25) is 9.59 Å². The van der Waals surface area contributed by atoms with Crippen LogP contribution < -0.4 is 25.3 Å². The molecular weight excluding hydrogens is 388 g/mol. The molecule has 0 unspecified atom stereocenters. The molecule has 0 aliphatic rings. The number of hydrogen-bond acceptors (Lipinski definition) is 8. The summed E-state index contributed by atoms with van der Waals surface area (Å²) < 4.78 is 20.4. The molecule has 1 heterocycles. The van der Waals surface area contributed by atoms with E-state index in [-0.39, 0.29) is 21.0 Å². The maximum Gasteiger partial charge on any atom is 0.348 e. The van der Waals surface area contributed by atoms with Gasteiger partial charge in [-0.15, -0.1) is 11.3 Å². The lowest BCUT2D eigenvalue weighted by Crippen LogP contribution is -2.17. The van der Waals surface area contributed by atoms with Crippen molar-refractivity contribution in [2.24, 2.45) is 5.73 Å². The summed E-state index contributed by atoms with van der Waals surface area (Å²) in [6.45, 7) is 1.55. The topological polar surface area (TPSA) is 126 Å². The molecule has 10 heteroatoms. The highest BCUT2D eigenvalue weighted by atomic mass is 32.1. The molecule has 0 atom stereocenters. The Balaban J connectivity index is 2.48. The van der Waals surface area contributed by atoms with Gasteiger partial charge in [0, 0.05) is 5.56 Å². The molecule has 150 valence electrons. The van der Waals surface area contributed by atoms with Crippen LogP contribution in [0.3, 0.4) is 0 Å². The van der Waals surface area contributed by atoms with E-state index in [0.717, 1.165) is 11.3 Å². The molecule has 9 nitrogen and oxygen atoms in total. The third-order valence-corrected chi connectivity index (χ3v) is 5.11. The van der Waals surface area contributed by atoms with Gasteiger partial charge in [0.05, 0.1) is 34.0 Å². The van der Waals surface area contributed by atoms with E-state index in [1.165, 1.54) is 40.6 Å². The molecular formula is C18H20N2O7S. The normalized spacial score (nSPS) is 10.2. The van der Waals surface area contributed by atoms with Crippen LogP contribution in [0.15, 0.2) is 12.1 Å². The van der Waals surface area contributed by atoms with Crippen molar-refractivity contribution in [2.75, 3.05) is 33.8 Å². The van der Waals surface area contributed by atoms with Crippen LogP contribution in [0.4, 0.5) is 5.00 Å². The number of thiophene rings is 1. The fourth-order valence-corrected chi connectivity index (χ4v) is 3.70. The Morgan fingerprint density at radius 1 is 1.00 bits per heavy atom. The van der Waals surface area contributed by atoms with Gasteiger partial charge in [0.15, 0.2) is 11.5 Å². The standard InChI is InChI=1S/C18H20N2O7S/c1-8-12(15(19)21)17(28-14(8)18(23)27-5)20-16(22)9-6-10(24-2)13(26-4)11(7-9)25-3/h6-7H,1-5H3,(H2,19,21)(H,20,22). The summed E-state index contributed by atoms with van der Waals surface area (Å²) in [5.74, 6) is -1.04. The number of benzene rings is 1. The Labute approximate surface area is 165 Å². The number of nitrogens with one attached hydrogen (secondary N) is 1. The number of methoxy groups -OCH3 is 4. The fraction of sp³-hybridized carbons (Fsp3) is 0.278. The average Bonchev–Trinajstić information content (AvgIpc) is 3.01. The highest BCUT2D eigenvalue weighted by Gasteiger charge is 2.26. The Hall–Kier alpha value is -3.27. The van der Waals surface area contributed by atoms with Crippen molar-refractivity contribution in [2.45, 2.75) is 6.92 Å². The molecule has 0 fully saturated rings. The van der Waals surface area contributed by atoms with Crippen LogP contribution in [-0.4, -0.2) is 46.2 Å². The number of carbonyl (C=O) groups is 3. The molecule has 2 amide bonds. The summed E-state index contributed by atoms with van der Waals surface area (Å²) in [5, 5.41) is 2.75. The second kappa shape index (κ2) is 8.61. The van der Waals surface area contributed by atoms with Gasteiger partial charge in [-0.25, -0.2) is 4.79 Å². The minimum Gasteiger partial charge on any atom is -0.493 e. The smallest absolute Gasteiger partial charge is 0.348 e. The Bertz CT molecular complexity index is 911. The van der Waals surface area contributed by atoms with Crippen molar-refractivity contribution < 1.29 is 33.3 Å². The third-order valence-electron chi connectivity index (χ3n) is 3.92. The minimum atomic E-state index is -0.774. The van der Waals surface area contributed by atoms with E-state index in [1.54, 1.807) is 6.92 Å². The number of carbonyl (C=O) groups excluding carboxylic acids is 3. The van der Waals surface area contributed by atoms with Gasteiger partial charge in [0.1, 0.15) is 9.88 Å². The summed E-state index contributed by atoms with van der Waals surface area (Å²) >= 11 is 0.903. The number of ether oxygens (including phenoxy) is 4. The van der Waals surface area contributed by atoms with Crippen LogP contribution in [0.1, 0.15) is 36.0 Å². The fourth-order valence-electron chi connectivity index (χ4n) is 2.57. The maximum atomic E-state index is 12.8. The number of nitrogens with two attached hydrogens (primary N) is 1. The number of primary amides is 1.